The first kappa shape index (κ1) is 82.4. The summed E-state index contributed by atoms with van der Waals surface area (Å²) in [6, 6.07) is 151. The maximum atomic E-state index is 9.35. The van der Waals surface area contributed by atoms with Crippen molar-refractivity contribution in [2.75, 3.05) is 0 Å². The molecule has 0 aliphatic heterocycles. The molecule has 17 aromatic carbocycles. The Morgan fingerprint density at radius 2 is 0.585 bits per heavy atom. The number of rotatable bonds is 9. The van der Waals surface area contributed by atoms with Crippen LogP contribution in [0.3, 0.4) is 0 Å². The second-order valence-corrected chi connectivity index (χ2v) is 35.2. The third kappa shape index (κ3) is 14.0. The number of para-hydroxylation sites is 9. The highest BCUT2D eigenvalue weighted by Gasteiger charge is 2.25. The van der Waals surface area contributed by atoms with Crippen LogP contribution >= 0.6 is 0 Å². The van der Waals surface area contributed by atoms with Gasteiger partial charge in [-0.3, -0.25) is 9.97 Å². The van der Waals surface area contributed by atoms with E-state index in [0.717, 1.165) is 216 Å². The molecule has 29 aromatic rings. The number of benzene rings is 17. The average Bonchev–Trinajstić information content (AvgIpc) is 1.58. The summed E-state index contributed by atoms with van der Waals surface area (Å²) < 4.78 is 34.1. The van der Waals surface area contributed by atoms with Crippen molar-refractivity contribution in [2.24, 2.45) is 0 Å². The SMILES string of the molecule is N#Cc1cc(-c2cccc(-c3ccccc3-n3c4ccccc4c4cc5oc6ccccc6c5cc43)c2)ccn1.N#Cc1ccc(-c2cccc(-n3c4ccccc4c4cc5c(cc43)oc3ccccc35)c2)nc1.N#Cc1cccc(-c2cccc(-n3c4ccccc4c4cc5c(cc43)oc3ccccc35)c2)n1.N#Cc1ccnc(-c2cccc(-n3c4ccccc4c4cc5c(cc43)oc3ccccc35)c2)c1. The minimum atomic E-state index is 0.409. The van der Waals surface area contributed by atoms with Crippen LogP contribution in [0.2, 0.25) is 0 Å². The normalized spacial score (nSPS) is 11.5. The van der Waals surface area contributed by atoms with Crippen LogP contribution in [0.15, 0.2) is 455 Å². The molecule has 0 bridgehead atoms. The van der Waals surface area contributed by atoms with Gasteiger partial charge in [-0.2, -0.15) is 21.0 Å². The van der Waals surface area contributed by atoms with Gasteiger partial charge < -0.3 is 35.9 Å². The van der Waals surface area contributed by atoms with E-state index < -0.39 is 0 Å². The summed E-state index contributed by atoms with van der Waals surface area (Å²) in [5, 5.41) is 55.5. The van der Waals surface area contributed by atoms with Crippen molar-refractivity contribution in [3.63, 3.8) is 0 Å². The number of pyridine rings is 4. The van der Waals surface area contributed by atoms with Crippen LogP contribution in [-0.2, 0) is 0 Å². The lowest BCUT2D eigenvalue weighted by molar-refractivity contribution is 0.669. The first-order valence-corrected chi connectivity index (χ1v) is 46.5. The first-order valence-electron chi connectivity index (χ1n) is 46.5. The maximum Gasteiger partial charge on any atom is 0.141 e. The Hall–Kier alpha value is -20.3. The molecule has 29 rings (SSSR count). The van der Waals surface area contributed by atoms with E-state index in [-0.39, 0.29) is 0 Å². The Morgan fingerprint density at radius 1 is 0.197 bits per heavy atom. The zero-order valence-corrected chi connectivity index (χ0v) is 75.6. The molecule has 0 unspecified atom stereocenters. The Morgan fingerprint density at radius 3 is 1.07 bits per heavy atom. The fourth-order valence-electron chi connectivity index (χ4n) is 20.7. The molecule has 12 aromatic heterocycles. The van der Waals surface area contributed by atoms with Crippen molar-refractivity contribution in [2.45, 2.75) is 0 Å². The van der Waals surface area contributed by atoms with E-state index in [1.54, 1.807) is 36.8 Å². The van der Waals surface area contributed by atoms with Crippen LogP contribution in [0.5, 0.6) is 0 Å². The second-order valence-electron chi connectivity index (χ2n) is 35.2. The van der Waals surface area contributed by atoms with Crippen LogP contribution in [-0.4, -0.2) is 38.2 Å². The smallest absolute Gasteiger partial charge is 0.141 e. The summed E-state index contributed by atoms with van der Waals surface area (Å²) in [6.07, 6.45) is 4.98. The Balaban J connectivity index is 0.0000000972. The van der Waals surface area contributed by atoms with Gasteiger partial charge in [0.1, 0.15) is 74.3 Å². The monoisotopic (exact) mass is 1820 g/mol. The minimum Gasteiger partial charge on any atom is -0.456 e. The highest BCUT2D eigenvalue weighted by Crippen LogP contribution is 2.47. The molecule has 0 amide bonds. The molecule has 16 heteroatoms. The lowest BCUT2D eigenvalue weighted by Gasteiger charge is -2.15. The summed E-state index contributed by atoms with van der Waals surface area (Å²) in [4.78, 5) is 17.6. The van der Waals surface area contributed by atoms with Gasteiger partial charge in [-0.1, -0.05) is 224 Å². The highest BCUT2D eigenvalue weighted by molar-refractivity contribution is 6.22. The van der Waals surface area contributed by atoms with Crippen molar-refractivity contribution in [3.8, 4) is 103 Å². The molecular weight excluding hydrogens is 1750 g/mol. The van der Waals surface area contributed by atoms with Crippen LogP contribution in [0.1, 0.15) is 22.5 Å². The van der Waals surface area contributed by atoms with E-state index in [1.165, 1.54) is 37.7 Å². The number of fused-ring (bicyclic) bond motifs is 24. The molecule has 0 fully saturated rings. The minimum absolute atomic E-state index is 0.409. The summed E-state index contributed by atoms with van der Waals surface area (Å²) >= 11 is 0. The Kier molecular flexibility index (Phi) is 19.7. The summed E-state index contributed by atoms with van der Waals surface area (Å²) in [5.41, 5.74) is 31.8. The summed E-state index contributed by atoms with van der Waals surface area (Å²) in [5.74, 6) is 0. The molecule has 0 spiro atoms. The third-order valence-electron chi connectivity index (χ3n) is 27.1. The van der Waals surface area contributed by atoms with E-state index in [1.807, 2.05) is 140 Å². The highest BCUT2D eigenvalue weighted by atomic mass is 16.3. The predicted octanol–water partition coefficient (Wildman–Crippen LogP) is 32.1. The molecule has 12 heterocycles. The van der Waals surface area contributed by atoms with Crippen molar-refractivity contribution < 1.29 is 17.7 Å². The number of hydrogen-bond acceptors (Lipinski definition) is 12. The summed E-state index contributed by atoms with van der Waals surface area (Å²) in [6.45, 7) is 0. The molecule has 0 saturated heterocycles. The van der Waals surface area contributed by atoms with Crippen LogP contribution in [0.25, 0.3) is 254 Å². The molecule has 0 radical (unpaired) electrons. The fourth-order valence-corrected chi connectivity index (χ4v) is 20.7. The standard InChI is InChI=1S/C36H21N3O.3C30H17N3O/c37-22-26-19-24(16-17-38-26)23-8-7-9-25(18-23)27-10-1-4-13-32(27)39-33-14-5-2-11-28(33)30-21-36-31(20-34(30)39)29-12-3-6-15-35(29)40-36;31-18-20-8-6-12-26(32-20)19-7-5-9-21(15-19)33-27-13-3-1-10-22(27)24-16-25-23-11-2-4-14-29(23)34-30(25)17-28(24)33;31-17-19-12-13-26(32-18-19)20-6-5-7-21(14-20)33-27-10-3-1-8-22(27)24-15-25-23-9-2-4-11-29(23)34-30(25)16-28(24)33;31-18-19-12-13-32-26(14-19)20-6-5-7-21(15-20)33-27-10-3-1-8-22(27)24-16-25-23-9-2-4-11-29(23)34-30(25)17-28(24)33/h1-21H;1-17H;1-16,18H;1-17H. The molecule has 0 N–H and O–H groups in total. The van der Waals surface area contributed by atoms with Crippen molar-refractivity contribution in [1.82, 2.24) is 38.2 Å². The number of aromatic nitrogens is 8. The van der Waals surface area contributed by atoms with Gasteiger partial charge in [0.15, 0.2) is 0 Å². The van der Waals surface area contributed by atoms with Gasteiger partial charge in [-0.05, 0) is 193 Å². The lowest BCUT2D eigenvalue weighted by atomic mass is 9.98. The van der Waals surface area contributed by atoms with E-state index in [9.17, 15) is 15.8 Å². The molecule has 0 aliphatic carbocycles. The third-order valence-corrected chi connectivity index (χ3v) is 27.1. The fraction of sp³-hybridized carbons (Fsp3) is 0. The van der Waals surface area contributed by atoms with Gasteiger partial charge >= 0.3 is 0 Å². The van der Waals surface area contributed by atoms with Gasteiger partial charge in [0.25, 0.3) is 0 Å². The van der Waals surface area contributed by atoms with Gasteiger partial charge in [0.2, 0.25) is 0 Å². The topological polar surface area (TPSA) is 219 Å². The zero-order valence-electron chi connectivity index (χ0n) is 75.6. The zero-order chi connectivity index (χ0) is 94.6. The van der Waals surface area contributed by atoms with Crippen molar-refractivity contribution in [1.29, 1.82) is 21.0 Å². The second kappa shape index (κ2) is 33.9. The van der Waals surface area contributed by atoms with Gasteiger partial charge in [-0.25, -0.2) is 9.97 Å². The van der Waals surface area contributed by atoms with Crippen LogP contribution in [0, 0.1) is 45.3 Å². The van der Waals surface area contributed by atoms with E-state index >= 15 is 0 Å². The average molecular weight is 1820 g/mol. The molecule has 16 nitrogen and oxygen atoms in total. The van der Waals surface area contributed by atoms with Gasteiger partial charge in [0.05, 0.1) is 84.1 Å². The summed E-state index contributed by atoms with van der Waals surface area (Å²) in [7, 11) is 0. The Labute approximate surface area is 809 Å². The van der Waals surface area contributed by atoms with E-state index in [0.29, 0.717) is 22.5 Å². The van der Waals surface area contributed by atoms with Gasteiger partial charge in [0, 0.05) is 162 Å². The number of nitrogens with zero attached hydrogens (tertiary/aromatic N) is 12. The van der Waals surface area contributed by atoms with E-state index in [4.69, 9.17) is 22.9 Å². The molecular formula is C126H72N12O4. The lowest BCUT2D eigenvalue weighted by Crippen LogP contribution is -1.97. The number of furan rings is 4. The van der Waals surface area contributed by atoms with Crippen LogP contribution in [0.4, 0.5) is 0 Å². The van der Waals surface area contributed by atoms with E-state index in [2.05, 4.69) is 323 Å². The number of nitriles is 4. The molecule has 0 aliphatic rings. The molecule has 142 heavy (non-hydrogen) atoms. The molecule has 0 atom stereocenters. The maximum absolute atomic E-state index is 9.35. The van der Waals surface area contributed by atoms with Crippen molar-refractivity contribution in [3.05, 3.63) is 460 Å². The molecule has 660 valence electrons. The number of hydrogen-bond donors (Lipinski definition) is 0. The van der Waals surface area contributed by atoms with Crippen molar-refractivity contribution >= 4 is 175 Å². The largest absolute Gasteiger partial charge is 0.456 e. The first-order chi connectivity index (χ1) is 70.2. The van der Waals surface area contributed by atoms with Crippen LogP contribution < -0.4 is 0 Å². The molecule has 0 saturated carbocycles. The predicted molar refractivity (Wildman–Crippen MR) is 569 cm³/mol. The quantitative estimate of drug-likeness (QED) is 0.132. The van der Waals surface area contributed by atoms with Gasteiger partial charge in [-0.15, -0.1) is 0 Å². The Bertz CT molecular complexity index is 10200.